The summed E-state index contributed by atoms with van der Waals surface area (Å²) in [7, 11) is -3.06. The molecule has 0 saturated heterocycles. The van der Waals surface area contributed by atoms with Crippen molar-refractivity contribution in [1.29, 1.82) is 0 Å². The highest BCUT2D eigenvalue weighted by Crippen LogP contribution is 2.14. The summed E-state index contributed by atoms with van der Waals surface area (Å²) in [6, 6.07) is 7.16. The average Bonchev–Trinajstić information content (AvgIpc) is 2.01. The van der Waals surface area contributed by atoms with E-state index in [4.69, 9.17) is 0 Å². The van der Waals surface area contributed by atoms with Crippen LogP contribution < -0.4 is 0 Å². The molecule has 0 N–H and O–H groups in total. The van der Waals surface area contributed by atoms with Crippen molar-refractivity contribution in [1.82, 2.24) is 0 Å². The standard InChI is InChI=1S/C11H16O2S/c1-9(2)7-10-5-4-6-11(8-10)14(3,12)13/h4-6,8-9H,7H2,1-3H3. The van der Waals surface area contributed by atoms with Crippen molar-refractivity contribution < 1.29 is 8.42 Å². The maximum Gasteiger partial charge on any atom is 0.175 e. The van der Waals surface area contributed by atoms with E-state index >= 15 is 0 Å². The van der Waals surface area contributed by atoms with E-state index in [9.17, 15) is 8.42 Å². The van der Waals surface area contributed by atoms with Crippen LogP contribution in [0.15, 0.2) is 29.2 Å². The van der Waals surface area contributed by atoms with Crippen molar-refractivity contribution in [3.63, 3.8) is 0 Å². The lowest BCUT2D eigenvalue weighted by Crippen LogP contribution is -1.99. The molecule has 0 aliphatic rings. The molecule has 0 atom stereocenters. The van der Waals surface area contributed by atoms with Crippen molar-refractivity contribution in [3.8, 4) is 0 Å². The highest BCUT2D eigenvalue weighted by Gasteiger charge is 2.07. The first kappa shape index (κ1) is 11.2. The Labute approximate surface area is 85.9 Å². The molecule has 0 saturated carbocycles. The van der Waals surface area contributed by atoms with E-state index in [1.54, 1.807) is 18.2 Å². The van der Waals surface area contributed by atoms with E-state index < -0.39 is 9.84 Å². The van der Waals surface area contributed by atoms with E-state index in [1.165, 1.54) is 6.26 Å². The van der Waals surface area contributed by atoms with Crippen molar-refractivity contribution in [2.24, 2.45) is 5.92 Å². The van der Waals surface area contributed by atoms with Crippen molar-refractivity contribution >= 4 is 9.84 Å². The predicted molar refractivity (Wildman–Crippen MR) is 58.1 cm³/mol. The van der Waals surface area contributed by atoms with E-state index in [2.05, 4.69) is 13.8 Å². The first-order valence-corrected chi connectivity index (χ1v) is 6.57. The Morgan fingerprint density at radius 2 is 1.93 bits per heavy atom. The maximum absolute atomic E-state index is 11.3. The molecular formula is C11H16O2S. The average molecular weight is 212 g/mol. The summed E-state index contributed by atoms with van der Waals surface area (Å²) in [5, 5.41) is 0. The molecule has 0 spiro atoms. The SMILES string of the molecule is CC(C)Cc1cccc(S(C)(=O)=O)c1. The Kier molecular flexibility index (Phi) is 3.32. The molecule has 0 bridgehead atoms. The maximum atomic E-state index is 11.3. The van der Waals surface area contributed by atoms with Crippen LogP contribution in [0.3, 0.4) is 0 Å². The summed E-state index contributed by atoms with van der Waals surface area (Å²) in [5.74, 6) is 0.546. The second-order valence-electron chi connectivity index (χ2n) is 4.02. The molecule has 78 valence electrons. The largest absolute Gasteiger partial charge is 0.224 e. The Balaban J connectivity index is 3.02. The molecule has 14 heavy (non-hydrogen) atoms. The summed E-state index contributed by atoms with van der Waals surface area (Å²) >= 11 is 0. The van der Waals surface area contributed by atoms with Gasteiger partial charge in [-0.1, -0.05) is 26.0 Å². The van der Waals surface area contributed by atoms with Gasteiger partial charge in [-0.25, -0.2) is 8.42 Å². The summed E-state index contributed by atoms with van der Waals surface area (Å²) < 4.78 is 22.5. The fourth-order valence-electron chi connectivity index (χ4n) is 1.37. The van der Waals surface area contributed by atoms with Crippen molar-refractivity contribution in [2.75, 3.05) is 6.26 Å². The van der Waals surface area contributed by atoms with Gasteiger partial charge in [-0.3, -0.25) is 0 Å². The summed E-state index contributed by atoms with van der Waals surface area (Å²) in [6.07, 6.45) is 2.16. The lowest BCUT2D eigenvalue weighted by atomic mass is 10.0. The molecule has 0 amide bonds. The lowest BCUT2D eigenvalue weighted by molar-refractivity contribution is 0.601. The molecule has 0 aliphatic carbocycles. The Morgan fingerprint density at radius 1 is 1.29 bits per heavy atom. The van der Waals surface area contributed by atoms with E-state index in [1.807, 2.05) is 6.07 Å². The van der Waals surface area contributed by atoms with Gasteiger partial charge in [0, 0.05) is 6.26 Å². The molecule has 0 aliphatic heterocycles. The van der Waals surface area contributed by atoms with Crippen LogP contribution in [0.2, 0.25) is 0 Å². The van der Waals surface area contributed by atoms with Crippen LogP contribution in [-0.4, -0.2) is 14.7 Å². The number of rotatable bonds is 3. The second-order valence-corrected chi connectivity index (χ2v) is 6.03. The molecule has 1 rings (SSSR count). The quantitative estimate of drug-likeness (QED) is 0.770. The van der Waals surface area contributed by atoms with Crippen LogP contribution in [0.1, 0.15) is 19.4 Å². The molecule has 1 aromatic rings. The molecule has 3 heteroatoms. The Hall–Kier alpha value is -0.830. The monoisotopic (exact) mass is 212 g/mol. The van der Waals surface area contributed by atoms with Gasteiger partial charge in [0.05, 0.1) is 4.90 Å². The van der Waals surface area contributed by atoms with Gasteiger partial charge in [-0.05, 0) is 30.0 Å². The summed E-state index contributed by atoms with van der Waals surface area (Å²) in [5.41, 5.74) is 1.09. The fourth-order valence-corrected chi connectivity index (χ4v) is 2.07. The molecule has 1 aromatic carbocycles. The number of hydrogen-bond donors (Lipinski definition) is 0. The predicted octanol–water partition coefficient (Wildman–Crippen LogP) is 2.29. The molecule has 0 aromatic heterocycles. The van der Waals surface area contributed by atoms with Crippen LogP contribution >= 0.6 is 0 Å². The van der Waals surface area contributed by atoms with Gasteiger partial charge in [0.1, 0.15) is 0 Å². The molecule has 0 fully saturated rings. The van der Waals surface area contributed by atoms with Crippen LogP contribution in [0, 0.1) is 5.92 Å². The molecule has 0 unspecified atom stereocenters. The zero-order valence-electron chi connectivity index (χ0n) is 8.82. The van der Waals surface area contributed by atoms with Crippen LogP contribution in [0.5, 0.6) is 0 Å². The first-order valence-electron chi connectivity index (χ1n) is 4.68. The van der Waals surface area contributed by atoms with Crippen LogP contribution in [0.25, 0.3) is 0 Å². The minimum absolute atomic E-state index is 0.413. The van der Waals surface area contributed by atoms with Gasteiger partial charge >= 0.3 is 0 Å². The van der Waals surface area contributed by atoms with Gasteiger partial charge in [0.25, 0.3) is 0 Å². The van der Waals surface area contributed by atoms with Crippen molar-refractivity contribution in [2.45, 2.75) is 25.2 Å². The highest BCUT2D eigenvalue weighted by molar-refractivity contribution is 7.90. The highest BCUT2D eigenvalue weighted by atomic mass is 32.2. The van der Waals surface area contributed by atoms with Gasteiger partial charge < -0.3 is 0 Å². The molecule has 0 heterocycles. The van der Waals surface area contributed by atoms with E-state index in [0.717, 1.165) is 12.0 Å². The van der Waals surface area contributed by atoms with Crippen LogP contribution in [0.4, 0.5) is 0 Å². The van der Waals surface area contributed by atoms with Gasteiger partial charge in [-0.15, -0.1) is 0 Å². The van der Waals surface area contributed by atoms with E-state index in [-0.39, 0.29) is 0 Å². The Morgan fingerprint density at radius 3 is 2.43 bits per heavy atom. The number of sulfone groups is 1. The third-order valence-electron chi connectivity index (χ3n) is 1.97. The van der Waals surface area contributed by atoms with Crippen molar-refractivity contribution in [3.05, 3.63) is 29.8 Å². The van der Waals surface area contributed by atoms with Gasteiger partial charge in [0.15, 0.2) is 9.84 Å². The summed E-state index contributed by atoms with van der Waals surface area (Å²) in [6.45, 7) is 4.24. The normalized spacial score (nSPS) is 12.0. The van der Waals surface area contributed by atoms with Crippen LogP contribution in [-0.2, 0) is 16.3 Å². The molecule has 2 nitrogen and oxygen atoms in total. The third-order valence-corrected chi connectivity index (χ3v) is 3.08. The lowest BCUT2D eigenvalue weighted by Gasteiger charge is -2.06. The first-order chi connectivity index (χ1) is 6.39. The van der Waals surface area contributed by atoms with Gasteiger partial charge in [0.2, 0.25) is 0 Å². The molecule has 0 radical (unpaired) electrons. The smallest absolute Gasteiger partial charge is 0.175 e. The minimum Gasteiger partial charge on any atom is -0.224 e. The number of benzene rings is 1. The van der Waals surface area contributed by atoms with Gasteiger partial charge in [-0.2, -0.15) is 0 Å². The second kappa shape index (κ2) is 4.13. The zero-order chi connectivity index (χ0) is 10.8. The fraction of sp³-hybridized carbons (Fsp3) is 0.455. The molecular weight excluding hydrogens is 196 g/mol. The summed E-state index contributed by atoms with van der Waals surface area (Å²) in [4.78, 5) is 0.413. The van der Waals surface area contributed by atoms with E-state index in [0.29, 0.717) is 10.8 Å². The third kappa shape index (κ3) is 3.14. The minimum atomic E-state index is -3.06. The zero-order valence-corrected chi connectivity index (χ0v) is 9.64. The Bertz CT molecular complexity index is 405. The number of hydrogen-bond acceptors (Lipinski definition) is 2. The topological polar surface area (TPSA) is 34.1 Å².